The lowest BCUT2D eigenvalue weighted by molar-refractivity contribution is 0.0696. The van der Waals surface area contributed by atoms with Crippen LogP contribution in [0.2, 0.25) is 0 Å². The summed E-state index contributed by atoms with van der Waals surface area (Å²) in [6.07, 6.45) is 0. The molecule has 1 amide bonds. The summed E-state index contributed by atoms with van der Waals surface area (Å²) in [5.74, 6) is 0.310. The Morgan fingerprint density at radius 2 is 1.65 bits per heavy atom. The SMILES string of the molecule is CC(c1cc2ccccc2o1)N(C)C(=O)c1cc(=O)c2ccccc2o1. The monoisotopic (exact) mass is 347 g/mol. The van der Waals surface area contributed by atoms with Crippen LogP contribution in [0.1, 0.15) is 29.3 Å². The lowest BCUT2D eigenvalue weighted by Gasteiger charge is -2.22. The molecule has 0 N–H and O–H groups in total. The third-order valence-electron chi connectivity index (χ3n) is 4.60. The van der Waals surface area contributed by atoms with Crippen LogP contribution < -0.4 is 5.43 Å². The van der Waals surface area contributed by atoms with E-state index in [1.807, 2.05) is 37.3 Å². The maximum Gasteiger partial charge on any atom is 0.290 e. The highest BCUT2D eigenvalue weighted by atomic mass is 16.3. The van der Waals surface area contributed by atoms with Crippen LogP contribution in [0.15, 0.2) is 74.3 Å². The van der Waals surface area contributed by atoms with Crippen molar-refractivity contribution < 1.29 is 13.6 Å². The fraction of sp³-hybridized carbons (Fsp3) is 0.143. The topological polar surface area (TPSA) is 63.7 Å². The van der Waals surface area contributed by atoms with E-state index in [2.05, 4.69) is 0 Å². The molecule has 130 valence electrons. The van der Waals surface area contributed by atoms with Crippen molar-refractivity contribution in [3.63, 3.8) is 0 Å². The first-order valence-corrected chi connectivity index (χ1v) is 8.33. The second kappa shape index (κ2) is 6.19. The van der Waals surface area contributed by atoms with Crippen molar-refractivity contribution in [2.75, 3.05) is 7.05 Å². The summed E-state index contributed by atoms with van der Waals surface area (Å²) < 4.78 is 11.5. The number of nitrogens with zero attached hydrogens (tertiary/aromatic N) is 1. The zero-order chi connectivity index (χ0) is 18.3. The third-order valence-corrected chi connectivity index (χ3v) is 4.60. The molecule has 0 saturated carbocycles. The highest BCUT2D eigenvalue weighted by Crippen LogP contribution is 2.27. The molecule has 2 aromatic heterocycles. The number of furan rings is 1. The summed E-state index contributed by atoms with van der Waals surface area (Å²) in [5.41, 5.74) is 0.931. The molecule has 0 fully saturated rings. The number of carbonyl (C=O) groups is 1. The van der Waals surface area contributed by atoms with Crippen LogP contribution in [0.5, 0.6) is 0 Å². The molecule has 5 heteroatoms. The number of fused-ring (bicyclic) bond motifs is 2. The molecule has 0 radical (unpaired) electrons. The average molecular weight is 347 g/mol. The fourth-order valence-corrected chi connectivity index (χ4v) is 2.96. The van der Waals surface area contributed by atoms with Gasteiger partial charge < -0.3 is 13.7 Å². The van der Waals surface area contributed by atoms with E-state index in [1.165, 1.54) is 11.0 Å². The smallest absolute Gasteiger partial charge is 0.290 e. The minimum absolute atomic E-state index is 0.0131. The Morgan fingerprint density at radius 1 is 0.962 bits per heavy atom. The van der Waals surface area contributed by atoms with E-state index in [0.717, 1.165) is 11.0 Å². The van der Waals surface area contributed by atoms with E-state index >= 15 is 0 Å². The van der Waals surface area contributed by atoms with Gasteiger partial charge in [0, 0.05) is 18.5 Å². The highest BCUT2D eigenvalue weighted by molar-refractivity contribution is 5.93. The van der Waals surface area contributed by atoms with Gasteiger partial charge in [0.1, 0.15) is 16.9 Å². The molecule has 0 aliphatic rings. The normalized spacial score (nSPS) is 12.4. The Bertz CT molecular complexity index is 1140. The van der Waals surface area contributed by atoms with Crippen molar-refractivity contribution in [1.82, 2.24) is 4.90 Å². The molecule has 4 rings (SSSR count). The largest absolute Gasteiger partial charge is 0.459 e. The van der Waals surface area contributed by atoms with Gasteiger partial charge in [0.05, 0.1) is 11.4 Å². The number of benzene rings is 2. The van der Waals surface area contributed by atoms with Crippen molar-refractivity contribution in [1.29, 1.82) is 0 Å². The maximum atomic E-state index is 12.8. The second-order valence-electron chi connectivity index (χ2n) is 6.25. The van der Waals surface area contributed by atoms with E-state index in [1.54, 1.807) is 31.3 Å². The highest BCUT2D eigenvalue weighted by Gasteiger charge is 2.24. The molecule has 1 unspecified atom stereocenters. The van der Waals surface area contributed by atoms with Gasteiger partial charge in [0.2, 0.25) is 0 Å². The molecule has 4 aromatic rings. The summed E-state index contributed by atoms with van der Waals surface area (Å²) in [7, 11) is 1.66. The van der Waals surface area contributed by atoms with Crippen LogP contribution >= 0.6 is 0 Å². The van der Waals surface area contributed by atoms with Gasteiger partial charge in [-0.25, -0.2) is 0 Å². The van der Waals surface area contributed by atoms with E-state index in [4.69, 9.17) is 8.83 Å². The molecular formula is C21H17NO4. The minimum Gasteiger partial charge on any atom is -0.459 e. The van der Waals surface area contributed by atoms with Crippen molar-refractivity contribution in [3.05, 3.63) is 82.4 Å². The van der Waals surface area contributed by atoms with Gasteiger partial charge in [-0.05, 0) is 31.2 Å². The Labute approximate surface area is 149 Å². The summed E-state index contributed by atoms with van der Waals surface area (Å²) >= 11 is 0. The predicted molar refractivity (Wildman–Crippen MR) is 99.2 cm³/mol. The van der Waals surface area contributed by atoms with E-state index in [-0.39, 0.29) is 23.1 Å². The van der Waals surface area contributed by atoms with Crippen molar-refractivity contribution >= 4 is 27.8 Å². The molecule has 1 atom stereocenters. The molecule has 5 nitrogen and oxygen atoms in total. The minimum atomic E-state index is -0.374. The number of para-hydroxylation sites is 2. The molecule has 0 aliphatic carbocycles. The number of carbonyl (C=O) groups excluding carboxylic acids is 1. The molecule has 0 spiro atoms. The van der Waals surface area contributed by atoms with Crippen molar-refractivity contribution in [2.24, 2.45) is 0 Å². The molecule has 0 aliphatic heterocycles. The molecular weight excluding hydrogens is 330 g/mol. The molecule has 2 heterocycles. The lowest BCUT2D eigenvalue weighted by Crippen LogP contribution is -2.30. The molecule has 0 saturated heterocycles. The van der Waals surface area contributed by atoms with Crippen LogP contribution in [0, 0.1) is 0 Å². The molecule has 26 heavy (non-hydrogen) atoms. The summed E-state index contributed by atoms with van der Waals surface area (Å²) in [5, 5.41) is 1.43. The number of hydrogen-bond donors (Lipinski definition) is 0. The van der Waals surface area contributed by atoms with Gasteiger partial charge in [-0.15, -0.1) is 0 Å². The third kappa shape index (κ3) is 2.67. The zero-order valence-corrected chi connectivity index (χ0v) is 14.4. The van der Waals surface area contributed by atoms with Crippen LogP contribution in [0.4, 0.5) is 0 Å². The van der Waals surface area contributed by atoms with Crippen LogP contribution in [-0.4, -0.2) is 17.9 Å². The van der Waals surface area contributed by atoms with E-state index in [0.29, 0.717) is 16.7 Å². The number of amides is 1. The van der Waals surface area contributed by atoms with E-state index in [9.17, 15) is 9.59 Å². The Kier molecular flexibility index (Phi) is 3.84. The fourth-order valence-electron chi connectivity index (χ4n) is 2.96. The first-order valence-electron chi connectivity index (χ1n) is 8.33. The van der Waals surface area contributed by atoms with E-state index < -0.39 is 0 Å². The van der Waals surface area contributed by atoms with Crippen molar-refractivity contribution in [3.8, 4) is 0 Å². The Balaban J connectivity index is 1.68. The second-order valence-corrected chi connectivity index (χ2v) is 6.25. The van der Waals surface area contributed by atoms with Gasteiger partial charge in [-0.3, -0.25) is 9.59 Å². The van der Waals surface area contributed by atoms with Gasteiger partial charge >= 0.3 is 0 Å². The molecule has 0 bridgehead atoms. The molecule has 2 aromatic carbocycles. The summed E-state index contributed by atoms with van der Waals surface area (Å²) in [4.78, 5) is 26.6. The first-order chi connectivity index (χ1) is 12.5. The summed E-state index contributed by atoms with van der Waals surface area (Å²) in [6.45, 7) is 1.87. The Hall–Kier alpha value is -3.34. The maximum absolute atomic E-state index is 12.8. The predicted octanol–water partition coefficient (Wildman–Crippen LogP) is 4.37. The van der Waals surface area contributed by atoms with Gasteiger partial charge in [-0.1, -0.05) is 30.3 Å². The average Bonchev–Trinajstić information content (AvgIpc) is 3.10. The quantitative estimate of drug-likeness (QED) is 0.552. The van der Waals surface area contributed by atoms with Gasteiger partial charge in [0.25, 0.3) is 5.91 Å². The van der Waals surface area contributed by atoms with Crippen molar-refractivity contribution in [2.45, 2.75) is 13.0 Å². The number of hydrogen-bond acceptors (Lipinski definition) is 4. The van der Waals surface area contributed by atoms with Crippen LogP contribution in [-0.2, 0) is 0 Å². The Morgan fingerprint density at radius 3 is 2.42 bits per heavy atom. The van der Waals surface area contributed by atoms with Crippen LogP contribution in [0.3, 0.4) is 0 Å². The number of rotatable bonds is 3. The van der Waals surface area contributed by atoms with Gasteiger partial charge in [0.15, 0.2) is 11.2 Å². The summed E-state index contributed by atoms with van der Waals surface area (Å²) in [6, 6.07) is 17.4. The first kappa shape index (κ1) is 16.1. The lowest BCUT2D eigenvalue weighted by atomic mass is 10.2. The standard InChI is InChI=1S/C21H17NO4/c1-13(19-11-14-7-3-5-9-17(14)25-19)22(2)21(24)20-12-16(23)15-8-4-6-10-18(15)26-20/h3-13H,1-2H3. The van der Waals surface area contributed by atoms with Gasteiger partial charge in [-0.2, -0.15) is 0 Å². The van der Waals surface area contributed by atoms with Crippen LogP contribution in [0.25, 0.3) is 21.9 Å². The zero-order valence-electron chi connectivity index (χ0n) is 14.4.